The fourth-order valence-electron chi connectivity index (χ4n) is 3.80. The summed E-state index contributed by atoms with van der Waals surface area (Å²) in [5, 5.41) is 3.42. The Bertz CT molecular complexity index is 823. The molecule has 22 heavy (non-hydrogen) atoms. The standard InChI is InChI=1S/C15H17N3O3S/c19-15(11-8-16-14-4-5-17-18(14)9-11)10-6-12-2-1-3-13(7-10)22(12,20)21/h4-5,8-10,12-13H,1-3,6-7H2. The molecule has 0 aliphatic carbocycles. The number of rotatable bonds is 2. The van der Waals surface area contributed by atoms with Crippen LogP contribution in [0.5, 0.6) is 0 Å². The quantitative estimate of drug-likeness (QED) is 0.786. The van der Waals surface area contributed by atoms with Crippen molar-refractivity contribution in [3.05, 3.63) is 30.2 Å². The lowest BCUT2D eigenvalue weighted by molar-refractivity contribution is 0.0893. The van der Waals surface area contributed by atoms with Crippen molar-refractivity contribution in [2.24, 2.45) is 5.92 Å². The first kappa shape index (κ1) is 13.9. The second-order valence-electron chi connectivity index (χ2n) is 6.27. The molecule has 0 aromatic carbocycles. The summed E-state index contributed by atoms with van der Waals surface area (Å²) >= 11 is 0. The van der Waals surface area contributed by atoms with Crippen LogP contribution >= 0.6 is 0 Å². The van der Waals surface area contributed by atoms with Crippen LogP contribution in [0, 0.1) is 5.92 Å². The Hall–Kier alpha value is -1.76. The molecule has 2 aromatic heterocycles. The Balaban J connectivity index is 1.63. The summed E-state index contributed by atoms with van der Waals surface area (Å²) in [6, 6.07) is 1.77. The van der Waals surface area contributed by atoms with Crippen molar-refractivity contribution in [2.75, 3.05) is 0 Å². The molecule has 0 radical (unpaired) electrons. The molecule has 7 heteroatoms. The molecule has 2 aliphatic heterocycles. The number of ketones is 1. The Morgan fingerprint density at radius 2 is 1.95 bits per heavy atom. The molecule has 116 valence electrons. The van der Waals surface area contributed by atoms with Gasteiger partial charge in [-0.15, -0.1) is 0 Å². The van der Waals surface area contributed by atoms with Crippen molar-refractivity contribution in [1.29, 1.82) is 0 Å². The van der Waals surface area contributed by atoms with E-state index in [0.717, 1.165) is 6.42 Å². The van der Waals surface area contributed by atoms with Gasteiger partial charge < -0.3 is 0 Å². The third-order valence-electron chi connectivity index (χ3n) is 4.98. The summed E-state index contributed by atoms with van der Waals surface area (Å²) in [4.78, 5) is 17.0. The predicted molar refractivity (Wildman–Crippen MR) is 80.4 cm³/mol. The number of nitrogens with zero attached hydrogens (tertiary/aromatic N) is 3. The number of fused-ring (bicyclic) bond motifs is 3. The van der Waals surface area contributed by atoms with Crippen molar-refractivity contribution in [3.63, 3.8) is 0 Å². The maximum atomic E-state index is 12.7. The highest BCUT2D eigenvalue weighted by Crippen LogP contribution is 2.40. The van der Waals surface area contributed by atoms with Gasteiger partial charge in [-0.25, -0.2) is 17.9 Å². The van der Waals surface area contributed by atoms with E-state index in [2.05, 4.69) is 10.1 Å². The van der Waals surface area contributed by atoms with Crippen LogP contribution in [0.1, 0.15) is 42.5 Å². The van der Waals surface area contributed by atoms with Crippen molar-refractivity contribution in [3.8, 4) is 0 Å². The Labute approximate surface area is 128 Å². The lowest BCUT2D eigenvalue weighted by atomic mass is 9.85. The van der Waals surface area contributed by atoms with Crippen LogP contribution in [0.15, 0.2) is 24.7 Å². The van der Waals surface area contributed by atoms with Crippen molar-refractivity contribution < 1.29 is 13.2 Å². The Morgan fingerprint density at radius 3 is 2.68 bits per heavy atom. The van der Waals surface area contributed by atoms with E-state index in [1.54, 1.807) is 29.2 Å². The summed E-state index contributed by atoms with van der Waals surface area (Å²) in [7, 11) is -3.03. The number of hydrogen-bond acceptors (Lipinski definition) is 5. The minimum atomic E-state index is -3.03. The molecule has 0 saturated carbocycles. The second-order valence-corrected chi connectivity index (χ2v) is 8.78. The van der Waals surface area contributed by atoms with Crippen molar-refractivity contribution in [2.45, 2.75) is 42.6 Å². The van der Waals surface area contributed by atoms with Gasteiger partial charge in [0.2, 0.25) is 0 Å². The predicted octanol–water partition coefficient (Wildman–Crippen LogP) is 1.66. The summed E-state index contributed by atoms with van der Waals surface area (Å²) in [5.74, 6) is -0.217. The Kier molecular flexibility index (Phi) is 3.07. The van der Waals surface area contributed by atoms with E-state index in [-0.39, 0.29) is 22.2 Å². The summed E-state index contributed by atoms with van der Waals surface area (Å²) < 4.78 is 26.2. The van der Waals surface area contributed by atoms with Crippen LogP contribution in [0.25, 0.3) is 5.65 Å². The van der Waals surface area contributed by atoms with Gasteiger partial charge in [-0.1, -0.05) is 6.42 Å². The monoisotopic (exact) mass is 319 g/mol. The topological polar surface area (TPSA) is 81.4 Å². The van der Waals surface area contributed by atoms with Crippen LogP contribution in [-0.4, -0.2) is 39.3 Å². The van der Waals surface area contributed by atoms with E-state index in [1.807, 2.05) is 0 Å². The number of hydrogen-bond donors (Lipinski definition) is 0. The third-order valence-corrected chi connectivity index (χ3v) is 7.69. The highest BCUT2D eigenvalue weighted by atomic mass is 32.2. The van der Waals surface area contributed by atoms with Gasteiger partial charge in [-0.3, -0.25) is 4.79 Å². The molecule has 6 nitrogen and oxygen atoms in total. The van der Waals surface area contributed by atoms with Gasteiger partial charge in [-0.2, -0.15) is 5.10 Å². The maximum absolute atomic E-state index is 12.7. The minimum absolute atomic E-state index is 0.00306. The summed E-state index contributed by atoms with van der Waals surface area (Å²) in [6.07, 6.45) is 8.13. The van der Waals surface area contributed by atoms with Crippen LogP contribution in [0.2, 0.25) is 0 Å². The normalized spacial score (nSPS) is 30.3. The molecule has 0 spiro atoms. The van der Waals surface area contributed by atoms with Gasteiger partial charge in [-0.05, 0) is 25.7 Å². The molecule has 2 aromatic rings. The second kappa shape index (κ2) is 4.87. The van der Waals surface area contributed by atoms with E-state index < -0.39 is 9.84 Å². The lowest BCUT2D eigenvalue weighted by Gasteiger charge is -2.38. The Morgan fingerprint density at radius 1 is 1.23 bits per heavy atom. The minimum Gasteiger partial charge on any atom is -0.294 e. The zero-order chi connectivity index (χ0) is 15.3. The van der Waals surface area contributed by atoms with Crippen LogP contribution in [-0.2, 0) is 9.84 Å². The van der Waals surface area contributed by atoms with E-state index in [1.165, 1.54) is 0 Å². The molecule has 2 aliphatic rings. The highest BCUT2D eigenvalue weighted by Gasteiger charge is 2.46. The maximum Gasteiger partial charge on any atom is 0.169 e. The molecular formula is C15H17N3O3S. The van der Waals surface area contributed by atoms with Crippen LogP contribution in [0.3, 0.4) is 0 Å². The first-order valence-electron chi connectivity index (χ1n) is 7.62. The van der Waals surface area contributed by atoms with Crippen LogP contribution in [0.4, 0.5) is 0 Å². The summed E-state index contributed by atoms with van der Waals surface area (Å²) in [5.41, 5.74) is 1.21. The van der Waals surface area contributed by atoms with E-state index >= 15 is 0 Å². The number of carbonyl (C=O) groups excluding carboxylic acids is 1. The largest absolute Gasteiger partial charge is 0.294 e. The van der Waals surface area contributed by atoms with Gasteiger partial charge >= 0.3 is 0 Å². The zero-order valence-electron chi connectivity index (χ0n) is 12.1. The van der Waals surface area contributed by atoms with E-state index in [0.29, 0.717) is 36.9 Å². The molecular weight excluding hydrogens is 302 g/mol. The van der Waals surface area contributed by atoms with Gasteiger partial charge in [0.1, 0.15) is 0 Å². The molecule has 4 rings (SSSR count). The first-order valence-corrected chi connectivity index (χ1v) is 9.23. The van der Waals surface area contributed by atoms with Gasteiger partial charge in [0.15, 0.2) is 21.3 Å². The summed E-state index contributed by atoms with van der Waals surface area (Å²) in [6.45, 7) is 0. The van der Waals surface area contributed by atoms with Crippen LogP contribution < -0.4 is 0 Å². The van der Waals surface area contributed by atoms with Gasteiger partial charge in [0.25, 0.3) is 0 Å². The van der Waals surface area contributed by atoms with E-state index in [4.69, 9.17) is 0 Å². The molecule has 0 N–H and O–H groups in total. The van der Waals surface area contributed by atoms with E-state index in [9.17, 15) is 13.2 Å². The molecule has 4 heterocycles. The SMILES string of the molecule is O=C(c1cnc2ccnn2c1)C1CC2CCCC(C1)S2(=O)=O. The number of Topliss-reactive ketones (excluding diaryl/α,β-unsaturated/α-hetero) is 1. The average molecular weight is 319 g/mol. The molecule has 2 bridgehead atoms. The van der Waals surface area contributed by atoms with Gasteiger partial charge in [0.05, 0.1) is 22.3 Å². The molecule has 2 unspecified atom stereocenters. The fourth-order valence-corrected chi connectivity index (χ4v) is 6.33. The number of aromatic nitrogens is 3. The fraction of sp³-hybridized carbons (Fsp3) is 0.533. The third kappa shape index (κ3) is 2.06. The van der Waals surface area contributed by atoms with Crippen molar-refractivity contribution >= 4 is 21.3 Å². The molecule has 2 atom stereocenters. The molecule has 2 saturated heterocycles. The zero-order valence-corrected chi connectivity index (χ0v) is 12.9. The first-order chi connectivity index (χ1) is 10.6. The van der Waals surface area contributed by atoms with Gasteiger partial charge in [0, 0.05) is 24.4 Å². The average Bonchev–Trinajstić information content (AvgIpc) is 2.92. The molecule has 2 fully saturated rings. The van der Waals surface area contributed by atoms with Crippen molar-refractivity contribution in [1.82, 2.24) is 14.6 Å². The molecule has 0 amide bonds. The number of carbonyl (C=O) groups is 1. The lowest BCUT2D eigenvalue weighted by Crippen LogP contribution is -2.45. The highest BCUT2D eigenvalue weighted by molar-refractivity contribution is 7.92. The smallest absolute Gasteiger partial charge is 0.169 e. The number of sulfone groups is 1.